The maximum Gasteiger partial charge on any atom is 0.234 e. The molecule has 0 spiro atoms. The Morgan fingerprint density at radius 3 is 2.42 bits per heavy atom. The summed E-state index contributed by atoms with van der Waals surface area (Å²) in [4.78, 5) is 17.0. The Kier molecular flexibility index (Phi) is 5.90. The fourth-order valence-electron chi connectivity index (χ4n) is 4.12. The van der Waals surface area contributed by atoms with Crippen molar-refractivity contribution in [2.75, 3.05) is 46.3 Å². The van der Waals surface area contributed by atoms with Crippen molar-refractivity contribution in [3.63, 3.8) is 0 Å². The molecule has 1 heterocycles. The molecule has 1 saturated heterocycles. The first kappa shape index (κ1) is 17.4. The van der Waals surface area contributed by atoms with E-state index in [2.05, 4.69) is 52.5 Å². The Labute approximate surface area is 146 Å². The number of piperazine rings is 1. The number of carbonyl (C=O) groups excluding carboxylic acids is 1. The molecule has 1 aromatic rings. The van der Waals surface area contributed by atoms with Gasteiger partial charge in [0.15, 0.2) is 0 Å². The van der Waals surface area contributed by atoms with Crippen LogP contribution in [0.5, 0.6) is 0 Å². The minimum absolute atomic E-state index is 0.193. The molecular weight excluding hydrogens is 298 g/mol. The molecule has 4 heteroatoms. The number of rotatable bonds is 6. The molecule has 0 bridgehead atoms. The second kappa shape index (κ2) is 8.13. The van der Waals surface area contributed by atoms with Crippen LogP contribution in [0.1, 0.15) is 31.2 Å². The Morgan fingerprint density at radius 1 is 1.08 bits per heavy atom. The van der Waals surface area contributed by atoms with Gasteiger partial charge in [-0.25, -0.2) is 0 Å². The lowest BCUT2D eigenvalue weighted by atomic mass is 9.80. The Morgan fingerprint density at radius 2 is 1.75 bits per heavy atom. The molecule has 132 valence electrons. The van der Waals surface area contributed by atoms with Gasteiger partial charge in [-0.05, 0) is 37.3 Å². The van der Waals surface area contributed by atoms with E-state index in [1.807, 2.05) is 0 Å². The van der Waals surface area contributed by atoms with E-state index in [0.29, 0.717) is 6.54 Å². The van der Waals surface area contributed by atoms with Crippen molar-refractivity contribution in [2.24, 2.45) is 5.41 Å². The Balaban J connectivity index is 1.50. The molecule has 0 atom stereocenters. The highest BCUT2D eigenvalue weighted by molar-refractivity contribution is 5.78. The summed E-state index contributed by atoms with van der Waals surface area (Å²) in [5, 5.41) is 3.25. The molecule has 1 aromatic carbocycles. The summed E-state index contributed by atoms with van der Waals surface area (Å²) in [5.41, 5.74) is 1.66. The third-order valence-electron chi connectivity index (χ3n) is 5.71. The summed E-state index contributed by atoms with van der Waals surface area (Å²) in [6.45, 7) is 5.50. The van der Waals surface area contributed by atoms with Crippen molar-refractivity contribution in [3.05, 3.63) is 35.9 Å². The maximum absolute atomic E-state index is 12.4. The normalized spacial score (nSPS) is 21.7. The van der Waals surface area contributed by atoms with Crippen molar-refractivity contribution < 1.29 is 4.79 Å². The van der Waals surface area contributed by atoms with Crippen molar-refractivity contribution in [1.29, 1.82) is 0 Å². The van der Waals surface area contributed by atoms with Gasteiger partial charge < -0.3 is 10.2 Å². The average molecular weight is 329 g/mol. The van der Waals surface area contributed by atoms with Crippen LogP contribution in [0, 0.1) is 5.41 Å². The van der Waals surface area contributed by atoms with E-state index in [9.17, 15) is 4.79 Å². The lowest BCUT2D eigenvalue weighted by Gasteiger charge is -2.33. The van der Waals surface area contributed by atoms with E-state index in [1.54, 1.807) is 0 Å². The average Bonchev–Trinajstić information content (AvgIpc) is 3.05. The zero-order valence-corrected chi connectivity index (χ0v) is 15.0. The van der Waals surface area contributed by atoms with Gasteiger partial charge in [0.1, 0.15) is 0 Å². The van der Waals surface area contributed by atoms with Crippen LogP contribution in [0.25, 0.3) is 0 Å². The molecule has 1 aliphatic carbocycles. The van der Waals surface area contributed by atoms with E-state index in [1.165, 1.54) is 31.2 Å². The third kappa shape index (κ3) is 4.81. The number of nitrogens with zero attached hydrogens (tertiary/aromatic N) is 2. The van der Waals surface area contributed by atoms with Gasteiger partial charge in [0, 0.05) is 32.7 Å². The van der Waals surface area contributed by atoms with Gasteiger partial charge in [0.2, 0.25) is 5.91 Å². The van der Waals surface area contributed by atoms with Gasteiger partial charge in [-0.2, -0.15) is 0 Å². The minimum Gasteiger partial charge on any atom is -0.354 e. The smallest absolute Gasteiger partial charge is 0.234 e. The van der Waals surface area contributed by atoms with E-state index in [4.69, 9.17) is 0 Å². The van der Waals surface area contributed by atoms with Crippen LogP contribution in [0.4, 0.5) is 0 Å². The number of benzene rings is 1. The molecule has 1 aliphatic heterocycles. The quantitative estimate of drug-likeness (QED) is 0.869. The maximum atomic E-state index is 12.4. The molecule has 1 amide bonds. The lowest BCUT2D eigenvalue weighted by Crippen LogP contribution is -2.49. The van der Waals surface area contributed by atoms with Crippen molar-refractivity contribution in [1.82, 2.24) is 15.1 Å². The molecule has 2 aliphatic rings. The van der Waals surface area contributed by atoms with Crippen LogP contribution in [0.15, 0.2) is 30.3 Å². The van der Waals surface area contributed by atoms with Crippen LogP contribution >= 0.6 is 0 Å². The summed E-state index contributed by atoms with van der Waals surface area (Å²) in [5.74, 6) is 0.193. The zero-order valence-electron chi connectivity index (χ0n) is 15.0. The second-order valence-electron chi connectivity index (χ2n) is 7.73. The Hall–Kier alpha value is -1.39. The molecule has 24 heavy (non-hydrogen) atoms. The molecule has 1 saturated carbocycles. The molecule has 0 aromatic heterocycles. The summed E-state index contributed by atoms with van der Waals surface area (Å²) in [7, 11) is 2.14. The monoisotopic (exact) mass is 329 g/mol. The van der Waals surface area contributed by atoms with Gasteiger partial charge in [-0.15, -0.1) is 0 Å². The van der Waals surface area contributed by atoms with Crippen molar-refractivity contribution in [3.8, 4) is 0 Å². The van der Waals surface area contributed by atoms with E-state index < -0.39 is 0 Å². The van der Waals surface area contributed by atoms with Gasteiger partial charge in [0.25, 0.3) is 0 Å². The first-order valence-corrected chi connectivity index (χ1v) is 9.37. The summed E-state index contributed by atoms with van der Waals surface area (Å²) in [6, 6.07) is 10.7. The topological polar surface area (TPSA) is 35.6 Å². The van der Waals surface area contributed by atoms with Crippen molar-refractivity contribution in [2.45, 2.75) is 32.1 Å². The van der Waals surface area contributed by atoms with Gasteiger partial charge in [-0.1, -0.05) is 43.2 Å². The summed E-state index contributed by atoms with van der Waals surface area (Å²) in [6.07, 6.45) is 6.14. The number of hydrogen-bond acceptors (Lipinski definition) is 3. The van der Waals surface area contributed by atoms with Crippen LogP contribution in [-0.4, -0.2) is 62.0 Å². The SMILES string of the molecule is CN1CCN(CC(=O)NCC2(Cc3ccccc3)CCCC2)CC1. The van der Waals surface area contributed by atoms with Crippen LogP contribution < -0.4 is 5.32 Å². The van der Waals surface area contributed by atoms with Crippen molar-refractivity contribution >= 4 is 5.91 Å². The molecule has 0 unspecified atom stereocenters. The fourth-order valence-corrected chi connectivity index (χ4v) is 4.12. The number of nitrogens with one attached hydrogen (secondary N) is 1. The molecule has 4 nitrogen and oxygen atoms in total. The van der Waals surface area contributed by atoms with Gasteiger partial charge >= 0.3 is 0 Å². The number of amides is 1. The van der Waals surface area contributed by atoms with E-state index in [-0.39, 0.29) is 11.3 Å². The van der Waals surface area contributed by atoms with Crippen LogP contribution in [0.3, 0.4) is 0 Å². The Bertz CT molecular complexity index is 517. The predicted octanol–water partition coefficient (Wildman–Crippen LogP) is 2.15. The molecule has 0 radical (unpaired) electrons. The highest BCUT2D eigenvalue weighted by Gasteiger charge is 2.34. The standard InChI is InChI=1S/C20H31N3O/c1-22-11-13-23(14-12-22)16-19(24)21-17-20(9-5-6-10-20)15-18-7-3-2-4-8-18/h2-4,7-8H,5-6,9-17H2,1H3,(H,21,24). The highest BCUT2D eigenvalue weighted by Crippen LogP contribution is 2.40. The second-order valence-corrected chi connectivity index (χ2v) is 7.73. The molecule has 1 N–H and O–H groups in total. The summed E-state index contributed by atoms with van der Waals surface area (Å²) >= 11 is 0. The first-order valence-electron chi connectivity index (χ1n) is 9.37. The van der Waals surface area contributed by atoms with E-state index >= 15 is 0 Å². The number of likely N-dealkylation sites (N-methyl/N-ethyl adjacent to an activating group) is 1. The van der Waals surface area contributed by atoms with E-state index in [0.717, 1.165) is 39.1 Å². The number of hydrogen-bond donors (Lipinski definition) is 1. The molecule has 2 fully saturated rings. The summed E-state index contributed by atoms with van der Waals surface area (Å²) < 4.78 is 0. The fraction of sp³-hybridized carbons (Fsp3) is 0.650. The van der Waals surface area contributed by atoms with Gasteiger partial charge in [0.05, 0.1) is 6.54 Å². The number of carbonyl (C=O) groups is 1. The largest absolute Gasteiger partial charge is 0.354 e. The molecule has 3 rings (SSSR count). The van der Waals surface area contributed by atoms with Crippen LogP contribution in [0.2, 0.25) is 0 Å². The lowest BCUT2D eigenvalue weighted by molar-refractivity contribution is -0.123. The van der Waals surface area contributed by atoms with Crippen LogP contribution in [-0.2, 0) is 11.2 Å². The minimum atomic E-state index is 0.193. The zero-order chi connectivity index (χ0) is 16.8. The first-order chi connectivity index (χ1) is 11.7. The molecular formula is C20H31N3O. The highest BCUT2D eigenvalue weighted by atomic mass is 16.2. The third-order valence-corrected chi connectivity index (χ3v) is 5.71. The van der Waals surface area contributed by atoms with Gasteiger partial charge in [-0.3, -0.25) is 9.69 Å². The predicted molar refractivity (Wildman–Crippen MR) is 98.0 cm³/mol.